The summed E-state index contributed by atoms with van der Waals surface area (Å²) in [4.78, 5) is 8.56. The van der Waals surface area contributed by atoms with Gasteiger partial charge in [0.2, 0.25) is 5.89 Å². The molecule has 32 heavy (non-hydrogen) atoms. The molecule has 0 aliphatic rings. The number of sulfonamides is 1. The first-order chi connectivity index (χ1) is 15.5. The predicted molar refractivity (Wildman–Crippen MR) is 121 cm³/mol. The van der Waals surface area contributed by atoms with Gasteiger partial charge in [0.15, 0.2) is 5.58 Å². The number of benzene rings is 3. The third-order valence-electron chi connectivity index (χ3n) is 4.84. The van der Waals surface area contributed by atoms with Gasteiger partial charge in [-0.05, 0) is 48.0 Å². The summed E-state index contributed by atoms with van der Waals surface area (Å²) in [5.41, 5.74) is 2.37. The van der Waals surface area contributed by atoms with Gasteiger partial charge in [-0.2, -0.15) is 4.98 Å². The van der Waals surface area contributed by atoms with Crippen molar-refractivity contribution in [3.05, 3.63) is 95.8 Å². The molecule has 0 aliphatic carbocycles. The molecule has 2 heterocycles. The first-order valence-corrected chi connectivity index (χ1v) is 11.5. The summed E-state index contributed by atoms with van der Waals surface area (Å²) in [5.74, 6) is 0.408. The fourth-order valence-electron chi connectivity index (χ4n) is 3.26. The van der Waals surface area contributed by atoms with Gasteiger partial charge < -0.3 is 8.83 Å². The summed E-state index contributed by atoms with van der Waals surface area (Å²) >= 11 is 6.05. The molecule has 0 radical (unpaired) electrons. The van der Waals surface area contributed by atoms with E-state index in [4.69, 9.17) is 20.4 Å². The first-order valence-electron chi connectivity index (χ1n) is 9.63. The summed E-state index contributed by atoms with van der Waals surface area (Å²) in [6.07, 6.45) is 2.99. The maximum atomic E-state index is 13.6. The first kappa shape index (κ1) is 20.3. The second-order valence-corrected chi connectivity index (χ2v) is 9.27. The number of hydrogen-bond donors (Lipinski definition) is 0. The van der Waals surface area contributed by atoms with Crippen molar-refractivity contribution in [3.63, 3.8) is 0 Å². The standard InChI is InChI=1S/C23H16ClN3O4S/c24-18-8-11-21-20(14-18)26-23(31-21)27(15-16-4-2-1-3-5-16)32(28,29)19-9-6-17(7-10-19)22-25-12-13-30-22/h1-14H,15H2. The van der Waals surface area contributed by atoms with Crippen molar-refractivity contribution in [1.29, 1.82) is 0 Å². The van der Waals surface area contributed by atoms with Crippen LogP contribution in [0.5, 0.6) is 0 Å². The van der Waals surface area contributed by atoms with Crippen molar-refractivity contribution < 1.29 is 17.3 Å². The van der Waals surface area contributed by atoms with Crippen LogP contribution in [0.3, 0.4) is 0 Å². The number of rotatable bonds is 6. The van der Waals surface area contributed by atoms with Crippen molar-refractivity contribution in [2.75, 3.05) is 4.31 Å². The zero-order chi connectivity index (χ0) is 22.1. The van der Waals surface area contributed by atoms with E-state index in [0.717, 1.165) is 9.87 Å². The monoisotopic (exact) mass is 465 g/mol. The lowest BCUT2D eigenvalue weighted by atomic mass is 10.2. The third-order valence-corrected chi connectivity index (χ3v) is 6.81. The topological polar surface area (TPSA) is 89.4 Å². The quantitative estimate of drug-likeness (QED) is 0.327. The molecule has 7 nitrogen and oxygen atoms in total. The molecule has 0 aliphatic heterocycles. The Balaban J connectivity index is 1.58. The molecule has 0 spiro atoms. The van der Waals surface area contributed by atoms with Crippen LogP contribution in [0.25, 0.3) is 22.6 Å². The second kappa shape index (κ2) is 8.14. The van der Waals surface area contributed by atoms with E-state index in [2.05, 4.69) is 9.97 Å². The fourth-order valence-corrected chi connectivity index (χ4v) is 4.77. The van der Waals surface area contributed by atoms with E-state index in [1.54, 1.807) is 30.3 Å². The summed E-state index contributed by atoms with van der Waals surface area (Å²) in [6, 6.07) is 20.4. The largest absolute Gasteiger partial charge is 0.445 e. The van der Waals surface area contributed by atoms with E-state index in [1.165, 1.54) is 24.6 Å². The molecule has 0 N–H and O–H groups in total. The minimum atomic E-state index is -4.00. The molecule has 0 fully saturated rings. The van der Waals surface area contributed by atoms with Crippen molar-refractivity contribution in [2.45, 2.75) is 11.4 Å². The lowest BCUT2D eigenvalue weighted by Gasteiger charge is -2.20. The Hall–Kier alpha value is -3.62. The van der Waals surface area contributed by atoms with Gasteiger partial charge >= 0.3 is 6.01 Å². The van der Waals surface area contributed by atoms with E-state index in [-0.39, 0.29) is 17.5 Å². The molecule has 0 amide bonds. The van der Waals surface area contributed by atoms with E-state index in [1.807, 2.05) is 30.3 Å². The Kier molecular flexibility index (Phi) is 5.16. The van der Waals surface area contributed by atoms with Gasteiger partial charge in [0.25, 0.3) is 10.0 Å². The minimum Gasteiger partial charge on any atom is -0.445 e. The highest BCUT2D eigenvalue weighted by molar-refractivity contribution is 7.92. The SMILES string of the molecule is O=S(=O)(c1ccc(-c2ncco2)cc1)N(Cc1ccccc1)c1nc2cc(Cl)ccc2o1. The number of hydrogen-bond acceptors (Lipinski definition) is 6. The van der Waals surface area contributed by atoms with Crippen LogP contribution in [0.4, 0.5) is 6.01 Å². The van der Waals surface area contributed by atoms with Crippen LogP contribution < -0.4 is 4.31 Å². The molecule has 0 saturated carbocycles. The van der Waals surface area contributed by atoms with Crippen LogP contribution in [-0.4, -0.2) is 18.4 Å². The number of oxazole rings is 2. The summed E-state index contributed by atoms with van der Waals surface area (Å²) < 4.78 is 39.5. The average Bonchev–Trinajstić information content (AvgIpc) is 3.48. The molecule has 5 rings (SSSR count). The van der Waals surface area contributed by atoms with Crippen molar-refractivity contribution in [3.8, 4) is 11.5 Å². The maximum absolute atomic E-state index is 13.6. The smallest absolute Gasteiger partial charge is 0.313 e. The summed E-state index contributed by atoms with van der Waals surface area (Å²) in [6.45, 7) is 0.0468. The van der Waals surface area contributed by atoms with E-state index in [9.17, 15) is 8.42 Å². The predicted octanol–water partition coefficient (Wildman–Crippen LogP) is 5.53. The van der Waals surface area contributed by atoms with Crippen molar-refractivity contribution in [2.24, 2.45) is 0 Å². The van der Waals surface area contributed by atoms with E-state index >= 15 is 0 Å². The molecule has 2 aromatic heterocycles. The summed E-state index contributed by atoms with van der Waals surface area (Å²) in [5, 5.41) is 0.483. The third kappa shape index (κ3) is 3.86. The molecule has 0 saturated heterocycles. The zero-order valence-electron chi connectivity index (χ0n) is 16.6. The Morgan fingerprint density at radius 3 is 2.47 bits per heavy atom. The number of anilines is 1. The van der Waals surface area contributed by atoms with Gasteiger partial charge in [-0.3, -0.25) is 0 Å². The Morgan fingerprint density at radius 2 is 1.75 bits per heavy atom. The maximum Gasteiger partial charge on any atom is 0.313 e. The van der Waals surface area contributed by atoms with Gasteiger partial charge in [-0.25, -0.2) is 17.7 Å². The molecule has 0 atom stereocenters. The second-order valence-electron chi connectivity index (χ2n) is 6.97. The van der Waals surface area contributed by atoms with Gasteiger partial charge in [-0.15, -0.1) is 0 Å². The number of nitrogens with zero attached hydrogens (tertiary/aromatic N) is 3. The highest BCUT2D eigenvalue weighted by atomic mass is 35.5. The molecule has 0 unspecified atom stereocenters. The van der Waals surface area contributed by atoms with Gasteiger partial charge in [0, 0.05) is 10.6 Å². The molecule has 0 bridgehead atoms. The van der Waals surface area contributed by atoms with Gasteiger partial charge in [0.05, 0.1) is 17.6 Å². The number of aromatic nitrogens is 2. The van der Waals surface area contributed by atoms with Gasteiger partial charge in [0.1, 0.15) is 11.8 Å². The minimum absolute atomic E-state index is 0.0390. The summed E-state index contributed by atoms with van der Waals surface area (Å²) in [7, 11) is -4.00. The highest BCUT2D eigenvalue weighted by Crippen LogP contribution is 2.30. The van der Waals surface area contributed by atoms with E-state index in [0.29, 0.717) is 27.6 Å². The van der Waals surface area contributed by atoms with Crippen LogP contribution in [-0.2, 0) is 16.6 Å². The Labute approximate surface area is 189 Å². The Bertz CT molecular complexity index is 1470. The lowest BCUT2D eigenvalue weighted by Crippen LogP contribution is -2.30. The van der Waals surface area contributed by atoms with Crippen LogP contribution >= 0.6 is 11.6 Å². The highest BCUT2D eigenvalue weighted by Gasteiger charge is 2.29. The molecule has 160 valence electrons. The van der Waals surface area contributed by atoms with Gasteiger partial charge in [-0.1, -0.05) is 41.9 Å². The zero-order valence-corrected chi connectivity index (χ0v) is 18.1. The molecular formula is C23H16ClN3O4S. The van der Waals surface area contributed by atoms with Crippen molar-refractivity contribution >= 4 is 38.7 Å². The lowest BCUT2D eigenvalue weighted by molar-refractivity contribution is 0.564. The van der Waals surface area contributed by atoms with Crippen LogP contribution in [0.1, 0.15) is 5.56 Å². The molecule has 3 aromatic carbocycles. The number of halogens is 1. The average molecular weight is 466 g/mol. The molecule has 9 heteroatoms. The van der Waals surface area contributed by atoms with Crippen LogP contribution in [0.15, 0.2) is 99.0 Å². The fraction of sp³-hybridized carbons (Fsp3) is 0.0435. The van der Waals surface area contributed by atoms with Crippen LogP contribution in [0.2, 0.25) is 5.02 Å². The van der Waals surface area contributed by atoms with E-state index < -0.39 is 10.0 Å². The van der Waals surface area contributed by atoms with Crippen LogP contribution in [0, 0.1) is 0 Å². The molecule has 5 aromatic rings. The van der Waals surface area contributed by atoms with Crippen molar-refractivity contribution in [1.82, 2.24) is 9.97 Å². The number of fused-ring (bicyclic) bond motifs is 1. The Morgan fingerprint density at radius 1 is 0.969 bits per heavy atom. The molecular weight excluding hydrogens is 450 g/mol. The normalized spacial score (nSPS) is 11.7.